The Balaban J connectivity index is 1.58. The zero-order valence-corrected chi connectivity index (χ0v) is 20.2. The van der Waals surface area contributed by atoms with Crippen molar-refractivity contribution in [2.75, 3.05) is 13.1 Å². The monoisotopic (exact) mass is 530 g/mol. The van der Waals surface area contributed by atoms with Crippen molar-refractivity contribution < 1.29 is 26.3 Å². The smallest absolute Gasteiger partial charge is 0.297 e. The van der Waals surface area contributed by atoms with Gasteiger partial charge in [0.2, 0.25) is 0 Å². The maximum Gasteiger partial charge on any atom is 0.416 e. The van der Waals surface area contributed by atoms with Gasteiger partial charge in [0.05, 0.1) is 28.3 Å². The van der Waals surface area contributed by atoms with Crippen LogP contribution in [-0.2, 0) is 12.4 Å². The molecule has 4 nitrogen and oxygen atoms in total. The fourth-order valence-corrected chi connectivity index (χ4v) is 5.60. The second-order valence-corrected chi connectivity index (χ2v) is 9.71. The van der Waals surface area contributed by atoms with Crippen LogP contribution in [0.4, 0.5) is 32.0 Å². The number of para-hydroxylation sites is 1. The minimum Gasteiger partial charge on any atom is -0.297 e. The fourth-order valence-electron chi connectivity index (χ4n) is 5.60. The van der Waals surface area contributed by atoms with Gasteiger partial charge >= 0.3 is 12.4 Å². The third-order valence-corrected chi connectivity index (χ3v) is 7.47. The van der Waals surface area contributed by atoms with E-state index < -0.39 is 35.2 Å². The summed E-state index contributed by atoms with van der Waals surface area (Å²) in [6, 6.07) is 12.5. The first-order valence-corrected chi connectivity index (χ1v) is 12.2. The van der Waals surface area contributed by atoms with Crippen molar-refractivity contribution in [3.05, 3.63) is 84.1 Å². The van der Waals surface area contributed by atoms with E-state index in [1.165, 1.54) is 0 Å². The normalized spacial score (nSPS) is 24.1. The lowest BCUT2D eigenvalue weighted by atomic mass is 9.73. The largest absolute Gasteiger partial charge is 0.416 e. The Kier molecular flexibility index (Phi) is 6.88. The number of nitrogens with zero attached hydrogens (tertiary/aromatic N) is 4. The molecule has 0 amide bonds. The SMILES string of the molecule is C=CC1CN2CC[C@@H]1C[C@H]2C(N=C=Nc1cc(C(F)(F)F)cc(C(F)(F)F)c1)c1ccnc2ccccc12. The molecule has 3 unspecified atom stereocenters. The van der Waals surface area contributed by atoms with E-state index >= 15 is 0 Å². The van der Waals surface area contributed by atoms with Crippen LogP contribution in [0.1, 0.15) is 35.6 Å². The van der Waals surface area contributed by atoms with Crippen LogP contribution in [-0.4, -0.2) is 35.0 Å². The minimum absolute atomic E-state index is 0.0364. The van der Waals surface area contributed by atoms with Crippen LogP contribution in [0.5, 0.6) is 0 Å². The van der Waals surface area contributed by atoms with Crippen LogP contribution in [0.15, 0.2) is 77.4 Å². The highest BCUT2D eigenvalue weighted by Gasteiger charge is 2.43. The van der Waals surface area contributed by atoms with Gasteiger partial charge in [-0.1, -0.05) is 24.3 Å². The molecule has 198 valence electrons. The number of aromatic nitrogens is 1. The molecule has 0 aliphatic carbocycles. The summed E-state index contributed by atoms with van der Waals surface area (Å²) in [6.07, 6.45) is -4.43. The number of halogens is 6. The molecule has 6 rings (SSSR count). The van der Waals surface area contributed by atoms with Gasteiger partial charge in [0.1, 0.15) is 6.04 Å². The summed E-state index contributed by atoms with van der Waals surface area (Å²) in [4.78, 5) is 15.1. The molecule has 2 aromatic carbocycles. The third kappa shape index (κ3) is 5.24. The highest BCUT2D eigenvalue weighted by Crippen LogP contribution is 2.43. The fraction of sp³-hybridized carbons (Fsp3) is 0.357. The quantitative estimate of drug-likeness (QED) is 0.193. The molecule has 3 saturated heterocycles. The molecular weight excluding hydrogens is 506 g/mol. The van der Waals surface area contributed by atoms with Gasteiger partial charge < -0.3 is 0 Å². The number of pyridine rings is 1. The van der Waals surface area contributed by atoms with Crippen LogP contribution in [0.25, 0.3) is 10.9 Å². The first kappa shape index (κ1) is 26.1. The van der Waals surface area contributed by atoms with Gasteiger partial charge in [-0.3, -0.25) is 9.88 Å². The summed E-state index contributed by atoms with van der Waals surface area (Å²) in [5.41, 5.74) is -1.78. The summed E-state index contributed by atoms with van der Waals surface area (Å²) in [7, 11) is 0. The standard InChI is InChI=1S/C28H24F6N4/c1-2-17-15-38-10-8-18(17)11-25(38)26(23-7-9-35-24-6-4-3-5-22(23)24)37-16-36-21-13-19(27(29,30)31)12-20(14-21)28(32,33)34/h2-7,9,12-14,17-18,25-26H,1,8,10-11,15H2/t17?,18-,25+,26?/m1/s1. The predicted octanol–water partition coefficient (Wildman–Crippen LogP) is 7.72. The second-order valence-electron chi connectivity index (χ2n) is 9.71. The van der Waals surface area contributed by atoms with Crippen molar-refractivity contribution in [3.63, 3.8) is 0 Å². The van der Waals surface area contributed by atoms with E-state index in [4.69, 9.17) is 0 Å². The molecule has 3 aliphatic heterocycles. The lowest BCUT2D eigenvalue weighted by Gasteiger charge is -2.50. The molecule has 0 spiro atoms. The number of piperidine rings is 3. The van der Waals surface area contributed by atoms with Crippen molar-refractivity contribution in [2.45, 2.75) is 37.3 Å². The van der Waals surface area contributed by atoms with Gasteiger partial charge in [-0.15, -0.1) is 6.58 Å². The first-order valence-electron chi connectivity index (χ1n) is 12.2. The molecule has 0 N–H and O–H groups in total. The highest BCUT2D eigenvalue weighted by molar-refractivity contribution is 5.82. The van der Waals surface area contributed by atoms with Gasteiger partial charge in [-0.2, -0.15) is 31.3 Å². The molecule has 0 saturated carbocycles. The van der Waals surface area contributed by atoms with Gasteiger partial charge in [0.25, 0.3) is 0 Å². The lowest BCUT2D eigenvalue weighted by Crippen LogP contribution is -2.54. The molecule has 4 heterocycles. The van der Waals surface area contributed by atoms with E-state index in [0.29, 0.717) is 24.0 Å². The van der Waals surface area contributed by atoms with Crippen molar-refractivity contribution in [2.24, 2.45) is 21.8 Å². The van der Waals surface area contributed by atoms with Crippen LogP contribution >= 0.6 is 0 Å². The predicted molar refractivity (Wildman–Crippen MR) is 132 cm³/mol. The second kappa shape index (κ2) is 10.0. The van der Waals surface area contributed by atoms with Gasteiger partial charge in [0.15, 0.2) is 0 Å². The molecule has 5 atom stereocenters. The zero-order chi connectivity index (χ0) is 27.1. The minimum atomic E-state index is -4.96. The summed E-state index contributed by atoms with van der Waals surface area (Å²) in [5, 5.41) is 0.867. The van der Waals surface area contributed by atoms with E-state index in [1.807, 2.05) is 36.4 Å². The van der Waals surface area contributed by atoms with Gasteiger partial charge in [-0.25, -0.2) is 4.99 Å². The number of rotatable bonds is 5. The molecule has 1 aromatic heterocycles. The average molecular weight is 531 g/mol. The molecule has 38 heavy (non-hydrogen) atoms. The topological polar surface area (TPSA) is 40.9 Å². The van der Waals surface area contributed by atoms with Gasteiger partial charge in [0, 0.05) is 24.2 Å². The maximum atomic E-state index is 13.3. The lowest BCUT2D eigenvalue weighted by molar-refractivity contribution is -0.143. The van der Waals surface area contributed by atoms with E-state index in [1.54, 1.807) is 6.20 Å². The number of fused-ring (bicyclic) bond motifs is 4. The van der Waals surface area contributed by atoms with Crippen LogP contribution < -0.4 is 0 Å². The molecule has 3 aromatic rings. The van der Waals surface area contributed by atoms with Crippen LogP contribution in [0.3, 0.4) is 0 Å². The molecule has 3 fully saturated rings. The first-order chi connectivity index (χ1) is 18.0. The molecular formula is C28H24F6N4. The molecule has 10 heteroatoms. The number of alkyl halides is 6. The van der Waals surface area contributed by atoms with E-state index in [9.17, 15) is 26.3 Å². The van der Waals surface area contributed by atoms with E-state index in [-0.39, 0.29) is 12.1 Å². The van der Waals surface area contributed by atoms with E-state index in [2.05, 4.69) is 32.5 Å². The summed E-state index contributed by atoms with van der Waals surface area (Å²) < 4.78 is 79.6. The Morgan fingerprint density at radius 3 is 2.37 bits per heavy atom. The Morgan fingerprint density at radius 1 is 1.03 bits per heavy atom. The van der Waals surface area contributed by atoms with Crippen LogP contribution in [0, 0.1) is 11.8 Å². The highest BCUT2D eigenvalue weighted by atomic mass is 19.4. The van der Waals surface area contributed by atoms with Crippen molar-refractivity contribution in [1.82, 2.24) is 9.88 Å². The number of hydrogen-bond donors (Lipinski definition) is 0. The Hall–Kier alpha value is -3.49. The Morgan fingerprint density at radius 2 is 1.74 bits per heavy atom. The third-order valence-electron chi connectivity index (χ3n) is 7.47. The molecule has 0 radical (unpaired) electrons. The molecule has 2 bridgehead atoms. The van der Waals surface area contributed by atoms with Gasteiger partial charge in [-0.05, 0) is 67.1 Å². The Labute approximate surface area is 215 Å². The Bertz CT molecular complexity index is 1370. The van der Waals surface area contributed by atoms with E-state index in [0.717, 1.165) is 42.4 Å². The summed E-state index contributed by atoms with van der Waals surface area (Å²) in [5.74, 6) is 0.779. The number of hydrogen-bond acceptors (Lipinski definition) is 4. The van der Waals surface area contributed by atoms with Crippen molar-refractivity contribution in [1.29, 1.82) is 0 Å². The van der Waals surface area contributed by atoms with Crippen molar-refractivity contribution >= 4 is 22.6 Å². The zero-order valence-electron chi connectivity index (χ0n) is 20.2. The number of benzene rings is 2. The molecule has 3 aliphatic rings. The maximum absolute atomic E-state index is 13.3. The summed E-state index contributed by atoms with van der Waals surface area (Å²) >= 11 is 0. The average Bonchev–Trinajstić information content (AvgIpc) is 2.90. The number of aliphatic imine (C=N–C) groups is 2. The van der Waals surface area contributed by atoms with Crippen molar-refractivity contribution in [3.8, 4) is 0 Å². The van der Waals surface area contributed by atoms with Crippen LogP contribution in [0.2, 0.25) is 0 Å². The summed E-state index contributed by atoms with van der Waals surface area (Å²) in [6.45, 7) is 5.64.